The van der Waals surface area contributed by atoms with Crippen LogP contribution in [0.15, 0.2) is 0 Å². The summed E-state index contributed by atoms with van der Waals surface area (Å²) < 4.78 is 5.01. The normalized spacial score (nSPS) is 14.1. The molecule has 0 spiro atoms. The van der Waals surface area contributed by atoms with Gasteiger partial charge in [-0.3, -0.25) is 14.9 Å². The van der Waals surface area contributed by atoms with Gasteiger partial charge in [-0.25, -0.2) is 0 Å². The van der Waals surface area contributed by atoms with E-state index in [0.717, 1.165) is 0 Å². The van der Waals surface area contributed by atoms with E-state index in [0.29, 0.717) is 0 Å². The summed E-state index contributed by atoms with van der Waals surface area (Å²) >= 11 is 0. The molecule has 0 saturated heterocycles. The lowest BCUT2D eigenvalue weighted by Crippen LogP contribution is -2.44. The third-order valence-electron chi connectivity index (χ3n) is 1.82. The van der Waals surface area contributed by atoms with Crippen LogP contribution in [0.4, 0.5) is 0 Å². The molecule has 0 aromatic rings. The highest BCUT2D eigenvalue weighted by atomic mass is 16.6. The highest BCUT2D eigenvalue weighted by Gasteiger charge is 2.38. The van der Waals surface area contributed by atoms with Crippen LogP contribution in [0, 0.1) is 22.5 Å². The van der Waals surface area contributed by atoms with E-state index in [4.69, 9.17) is 11.2 Å². The minimum atomic E-state index is -1.40. The molecule has 5 heteroatoms. The Morgan fingerprint density at radius 1 is 1.71 bits per heavy atom. The van der Waals surface area contributed by atoms with Crippen LogP contribution in [0.5, 0.6) is 0 Å². The summed E-state index contributed by atoms with van der Waals surface area (Å²) in [5.74, 6) is 1.86. The van der Waals surface area contributed by atoms with Gasteiger partial charge in [0.05, 0.1) is 0 Å². The zero-order valence-electron chi connectivity index (χ0n) is 8.28. The first-order valence-electron chi connectivity index (χ1n) is 4.18. The summed E-state index contributed by atoms with van der Waals surface area (Å²) in [5, 5.41) is 10.3. The van der Waals surface area contributed by atoms with Crippen molar-refractivity contribution in [3.8, 4) is 12.3 Å². The van der Waals surface area contributed by atoms with Gasteiger partial charge in [0.2, 0.25) is 6.54 Å². The van der Waals surface area contributed by atoms with E-state index in [1.807, 2.05) is 0 Å². The molecule has 0 aliphatic carbocycles. The maximum Gasteiger partial charge on any atom is 0.239 e. The Hall–Kier alpha value is -1.41. The van der Waals surface area contributed by atoms with Crippen molar-refractivity contribution in [3.05, 3.63) is 10.1 Å². The fourth-order valence-electron chi connectivity index (χ4n) is 1.04. The first-order chi connectivity index (χ1) is 6.46. The smallest absolute Gasteiger partial charge is 0.239 e. The second-order valence-corrected chi connectivity index (χ2v) is 2.99. The maximum atomic E-state index is 11.4. The van der Waals surface area contributed by atoms with Gasteiger partial charge < -0.3 is 4.74 Å². The molecule has 0 radical (unpaired) electrons. The first-order valence-corrected chi connectivity index (χ1v) is 4.18. The van der Waals surface area contributed by atoms with Gasteiger partial charge in [0, 0.05) is 11.3 Å². The van der Waals surface area contributed by atoms with Crippen molar-refractivity contribution in [1.82, 2.24) is 0 Å². The predicted octanol–water partition coefficient (Wildman–Crippen LogP) is 0.651. The minimum absolute atomic E-state index is 0.101. The number of ketones is 1. The van der Waals surface area contributed by atoms with Crippen LogP contribution in [0.3, 0.4) is 0 Å². The lowest BCUT2D eigenvalue weighted by atomic mass is 9.99. The molecular formula is C9H13NO4. The van der Waals surface area contributed by atoms with Crippen LogP contribution < -0.4 is 0 Å². The number of nitro groups is 1. The molecule has 0 aromatic heterocycles. The van der Waals surface area contributed by atoms with Gasteiger partial charge >= 0.3 is 0 Å². The van der Waals surface area contributed by atoms with Crippen molar-refractivity contribution < 1.29 is 14.5 Å². The Morgan fingerprint density at radius 3 is 2.64 bits per heavy atom. The molecular weight excluding hydrogens is 186 g/mol. The number of carbonyl (C=O) groups excluding carboxylic acids is 1. The van der Waals surface area contributed by atoms with Crippen molar-refractivity contribution in [1.29, 1.82) is 0 Å². The van der Waals surface area contributed by atoms with Crippen molar-refractivity contribution in [2.75, 3.05) is 13.2 Å². The van der Waals surface area contributed by atoms with E-state index in [9.17, 15) is 14.9 Å². The van der Waals surface area contributed by atoms with E-state index in [-0.39, 0.29) is 18.8 Å². The van der Waals surface area contributed by atoms with Crippen LogP contribution >= 0.6 is 0 Å². The number of terminal acetylenes is 1. The molecule has 0 amide bonds. The largest absolute Gasteiger partial charge is 0.348 e. The number of hydrogen-bond donors (Lipinski definition) is 0. The van der Waals surface area contributed by atoms with Crippen LogP contribution in [0.25, 0.3) is 0 Å². The highest BCUT2D eigenvalue weighted by Crippen LogP contribution is 2.14. The Kier molecular flexibility index (Phi) is 4.81. The molecule has 0 heterocycles. The van der Waals surface area contributed by atoms with Crippen molar-refractivity contribution >= 4 is 5.78 Å². The average molecular weight is 199 g/mol. The quantitative estimate of drug-likeness (QED) is 0.358. The molecule has 0 aliphatic heterocycles. The molecule has 0 aliphatic rings. The molecule has 1 atom stereocenters. The Bertz CT molecular complexity index is 268. The van der Waals surface area contributed by atoms with Gasteiger partial charge in [0.25, 0.3) is 0 Å². The third-order valence-corrected chi connectivity index (χ3v) is 1.82. The molecule has 0 N–H and O–H groups in total. The topological polar surface area (TPSA) is 69.4 Å². The SMILES string of the molecule is C#CCOC(C)(C[N+](=O)[O-])C(=O)CC. The van der Waals surface area contributed by atoms with Crippen LogP contribution in [-0.4, -0.2) is 29.5 Å². The Morgan fingerprint density at radius 2 is 2.29 bits per heavy atom. The molecule has 0 bridgehead atoms. The zero-order chi connectivity index (χ0) is 11.2. The fraction of sp³-hybridized carbons (Fsp3) is 0.667. The molecule has 0 rings (SSSR count). The number of rotatable bonds is 6. The number of nitrogens with zero attached hydrogens (tertiary/aromatic N) is 1. The summed E-state index contributed by atoms with van der Waals surface area (Å²) in [7, 11) is 0. The lowest BCUT2D eigenvalue weighted by Gasteiger charge is -2.22. The van der Waals surface area contributed by atoms with Gasteiger partial charge in [-0.15, -0.1) is 6.42 Å². The number of carbonyl (C=O) groups is 1. The van der Waals surface area contributed by atoms with E-state index in [1.54, 1.807) is 6.92 Å². The Labute approximate surface area is 82.6 Å². The highest BCUT2D eigenvalue weighted by molar-refractivity contribution is 5.86. The van der Waals surface area contributed by atoms with E-state index in [1.165, 1.54) is 6.92 Å². The van der Waals surface area contributed by atoms with E-state index < -0.39 is 17.1 Å². The molecule has 5 nitrogen and oxygen atoms in total. The second kappa shape index (κ2) is 5.35. The van der Waals surface area contributed by atoms with Gasteiger partial charge in [0.15, 0.2) is 11.4 Å². The Balaban J connectivity index is 4.58. The first kappa shape index (κ1) is 12.6. The molecule has 0 saturated carbocycles. The summed E-state index contributed by atoms with van der Waals surface area (Å²) in [6.45, 7) is 2.36. The molecule has 0 fully saturated rings. The average Bonchev–Trinajstić information content (AvgIpc) is 2.12. The zero-order valence-corrected chi connectivity index (χ0v) is 8.28. The van der Waals surface area contributed by atoms with Gasteiger partial charge in [0.1, 0.15) is 6.61 Å². The number of ether oxygens (including phenoxy) is 1. The predicted molar refractivity (Wildman–Crippen MR) is 50.3 cm³/mol. The number of hydrogen-bond acceptors (Lipinski definition) is 4. The summed E-state index contributed by atoms with van der Waals surface area (Å²) in [5.41, 5.74) is -1.40. The van der Waals surface area contributed by atoms with Crippen LogP contribution in [0.2, 0.25) is 0 Å². The molecule has 0 aromatic carbocycles. The van der Waals surface area contributed by atoms with Crippen molar-refractivity contribution in [2.24, 2.45) is 0 Å². The summed E-state index contributed by atoms with van der Waals surface area (Å²) in [4.78, 5) is 21.1. The third kappa shape index (κ3) is 3.54. The van der Waals surface area contributed by atoms with Gasteiger partial charge in [-0.1, -0.05) is 12.8 Å². The fourth-order valence-corrected chi connectivity index (χ4v) is 1.04. The monoisotopic (exact) mass is 199 g/mol. The molecule has 1 unspecified atom stereocenters. The van der Waals surface area contributed by atoms with E-state index >= 15 is 0 Å². The standard InChI is InChI=1S/C9H13NO4/c1-4-6-14-9(3,7-10(12)13)8(11)5-2/h1H,5-7H2,2-3H3. The molecule has 14 heavy (non-hydrogen) atoms. The minimum Gasteiger partial charge on any atom is -0.348 e. The van der Waals surface area contributed by atoms with Gasteiger partial charge in [-0.2, -0.15) is 0 Å². The summed E-state index contributed by atoms with van der Waals surface area (Å²) in [6, 6.07) is 0. The van der Waals surface area contributed by atoms with Crippen molar-refractivity contribution in [2.45, 2.75) is 25.9 Å². The lowest BCUT2D eigenvalue weighted by molar-refractivity contribution is -0.496. The van der Waals surface area contributed by atoms with Crippen LogP contribution in [-0.2, 0) is 9.53 Å². The van der Waals surface area contributed by atoms with Crippen molar-refractivity contribution in [3.63, 3.8) is 0 Å². The van der Waals surface area contributed by atoms with Crippen LogP contribution in [0.1, 0.15) is 20.3 Å². The maximum absolute atomic E-state index is 11.4. The summed E-state index contributed by atoms with van der Waals surface area (Å²) in [6.07, 6.45) is 5.14. The van der Waals surface area contributed by atoms with E-state index in [2.05, 4.69) is 5.92 Å². The second-order valence-electron chi connectivity index (χ2n) is 2.99. The number of Topliss-reactive ketones (excluding diaryl/α,β-unsaturated/α-hetero) is 1. The van der Waals surface area contributed by atoms with Gasteiger partial charge in [-0.05, 0) is 6.92 Å². The molecule has 78 valence electrons.